The first-order valence-electron chi connectivity index (χ1n) is 8.33. The van der Waals surface area contributed by atoms with Crippen LogP contribution in [-0.4, -0.2) is 29.9 Å². The van der Waals surface area contributed by atoms with Crippen LogP contribution in [0.4, 0.5) is 5.69 Å². The van der Waals surface area contributed by atoms with Crippen LogP contribution in [0.1, 0.15) is 23.6 Å². The van der Waals surface area contributed by atoms with Crippen molar-refractivity contribution in [2.45, 2.75) is 33.4 Å². The predicted octanol–water partition coefficient (Wildman–Crippen LogP) is 4.19. The molecule has 1 fully saturated rings. The van der Waals surface area contributed by atoms with E-state index >= 15 is 0 Å². The molecule has 2 aromatic carbocycles. The monoisotopic (exact) mass is 342 g/mol. The maximum atomic E-state index is 12.8. The summed E-state index contributed by atoms with van der Waals surface area (Å²) in [5, 5.41) is 0.704. The predicted molar refractivity (Wildman–Crippen MR) is 99.6 cm³/mol. The van der Waals surface area contributed by atoms with Crippen LogP contribution in [0.2, 0.25) is 5.02 Å². The van der Waals surface area contributed by atoms with Gasteiger partial charge in [-0.3, -0.25) is 9.69 Å². The van der Waals surface area contributed by atoms with Gasteiger partial charge in [-0.1, -0.05) is 47.5 Å². The number of hydrogen-bond acceptors (Lipinski definition) is 2. The molecule has 1 unspecified atom stereocenters. The van der Waals surface area contributed by atoms with Crippen LogP contribution in [0.3, 0.4) is 0 Å². The molecule has 0 N–H and O–H groups in total. The molecular weight excluding hydrogens is 320 g/mol. The zero-order valence-corrected chi connectivity index (χ0v) is 15.2. The van der Waals surface area contributed by atoms with Gasteiger partial charge in [0.05, 0.1) is 6.04 Å². The Hall–Kier alpha value is -1.84. The summed E-state index contributed by atoms with van der Waals surface area (Å²) in [4.78, 5) is 16.9. The molecule has 1 aliphatic heterocycles. The summed E-state index contributed by atoms with van der Waals surface area (Å²) in [5.74, 6) is 0.133. The average Bonchev–Trinajstić information content (AvgIpc) is 2.55. The molecule has 4 heteroatoms. The lowest BCUT2D eigenvalue weighted by atomic mass is 10.1. The lowest BCUT2D eigenvalue weighted by Crippen LogP contribution is -2.55. The van der Waals surface area contributed by atoms with E-state index in [-0.39, 0.29) is 11.9 Å². The maximum Gasteiger partial charge on any atom is 0.244 e. The number of benzene rings is 2. The normalized spacial score (nSPS) is 18.9. The number of carbonyl (C=O) groups is 1. The van der Waals surface area contributed by atoms with Crippen molar-refractivity contribution in [1.82, 2.24) is 4.90 Å². The zero-order chi connectivity index (χ0) is 17.3. The minimum Gasteiger partial charge on any atom is -0.310 e. The van der Waals surface area contributed by atoms with Crippen molar-refractivity contribution in [3.05, 3.63) is 64.2 Å². The minimum atomic E-state index is -0.139. The molecule has 3 rings (SSSR count). The molecule has 0 radical (unpaired) electrons. The molecule has 1 atom stereocenters. The lowest BCUT2D eigenvalue weighted by molar-refractivity contribution is -0.125. The second-order valence-electron chi connectivity index (χ2n) is 6.56. The molecule has 1 amide bonds. The van der Waals surface area contributed by atoms with Crippen molar-refractivity contribution in [3.63, 3.8) is 0 Å². The molecule has 0 bridgehead atoms. The van der Waals surface area contributed by atoms with Gasteiger partial charge in [0.2, 0.25) is 5.91 Å². The van der Waals surface area contributed by atoms with E-state index < -0.39 is 0 Å². The van der Waals surface area contributed by atoms with Crippen LogP contribution in [0.5, 0.6) is 0 Å². The molecule has 126 valence electrons. The Balaban J connectivity index is 1.74. The summed E-state index contributed by atoms with van der Waals surface area (Å²) >= 11 is 6.22. The number of hydrogen-bond donors (Lipinski definition) is 0. The summed E-state index contributed by atoms with van der Waals surface area (Å²) in [7, 11) is 0. The molecule has 0 aliphatic carbocycles. The smallest absolute Gasteiger partial charge is 0.244 e. The molecule has 3 nitrogen and oxygen atoms in total. The van der Waals surface area contributed by atoms with Gasteiger partial charge in [0.25, 0.3) is 0 Å². The standard InChI is InChI=1S/C20H23ClN2O/c1-14-5-4-6-17(11-14)13-22-9-10-23(20(24)16(22)3)18-8-7-15(2)19(21)12-18/h4-8,11-12,16H,9-10,13H2,1-3H3. The number of piperazine rings is 1. The summed E-state index contributed by atoms with van der Waals surface area (Å²) in [6.45, 7) is 8.39. The highest BCUT2D eigenvalue weighted by Crippen LogP contribution is 2.26. The SMILES string of the molecule is Cc1cccc(CN2CCN(c3ccc(C)c(Cl)c3)C(=O)C2C)c1. The van der Waals surface area contributed by atoms with Crippen LogP contribution in [0, 0.1) is 13.8 Å². The Labute approximate surface area is 148 Å². The first-order valence-corrected chi connectivity index (χ1v) is 8.70. The van der Waals surface area contributed by atoms with Crippen molar-refractivity contribution in [3.8, 4) is 0 Å². The van der Waals surface area contributed by atoms with Gasteiger partial charge in [-0.25, -0.2) is 0 Å². The van der Waals surface area contributed by atoms with Crippen LogP contribution >= 0.6 is 11.6 Å². The van der Waals surface area contributed by atoms with E-state index in [4.69, 9.17) is 11.6 Å². The number of aryl methyl sites for hydroxylation is 2. The minimum absolute atomic E-state index is 0.133. The number of rotatable bonds is 3. The van der Waals surface area contributed by atoms with E-state index in [2.05, 4.69) is 36.1 Å². The third-order valence-electron chi connectivity index (χ3n) is 4.72. The number of nitrogens with zero attached hydrogens (tertiary/aromatic N) is 2. The first kappa shape index (κ1) is 17.0. The van der Waals surface area contributed by atoms with Gasteiger partial charge >= 0.3 is 0 Å². The molecule has 24 heavy (non-hydrogen) atoms. The van der Waals surface area contributed by atoms with Crippen LogP contribution < -0.4 is 4.90 Å². The van der Waals surface area contributed by atoms with Crippen molar-refractivity contribution in [1.29, 1.82) is 0 Å². The van der Waals surface area contributed by atoms with Gasteiger partial charge in [0, 0.05) is 30.3 Å². The van der Waals surface area contributed by atoms with Gasteiger partial charge in [0.15, 0.2) is 0 Å². The Morgan fingerprint density at radius 1 is 1.12 bits per heavy atom. The number of halogens is 1. The van der Waals surface area contributed by atoms with Crippen molar-refractivity contribution in [2.24, 2.45) is 0 Å². The fourth-order valence-electron chi connectivity index (χ4n) is 3.18. The van der Waals surface area contributed by atoms with Gasteiger partial charge < -0.3 is 4.90 Å². The van der Waals surface area contributed by atoms with Crippen molar-refractivity contribution < 1.29 is 4.79 Å². The molecule has 1 saturated heterocycles. The Morgan fingerprint density at radius 2 is 1.92 bits per heavy atom. The van der Waals surface area contributed by atoms with Crippen molar-refractivity contribution >= 4 is 23.2 Å². The number of amides is 1. The van der Waals surface area contributed by atoms with Crippen LogP contribution in [0.15, 0.2) is 42.5 Å². The Bertz CT molecular complexity index is 759. The van der Waals surface area contributed by atoms with E-state index in [1.807, 2.05) is 36.9 Å². The first-order chi connectivity index (χ1) is 11.5. The third kappa shape index (κ3) is 3.47. The average molecular weight is 343 g/mol. The fourth-order valence-corrected chi connectivity index (χ4v) is 3.36. The van der Waals surface area contributed by atoms with Gasteiger partial charge in [0.1, 0.15) is 0 Å². The molecule has 1 heterocycles. The van der Waals surface area contributed by atoms with Crippen molar-refractivity contribution in [2.75, 3.05) is 18.0 Å². The second-order valence-corrected chi connectivity index (χ2v) is 6.97. The van der Waals surface area contributed by atoms with E-state index in [0.717, 1.165) is 24.3 Å². The molecule has 2 aromatic rings. The highest BCUT2D eigenvalue weighted by molar-refractivity contribution is 6.31. The molecular formula is C20H23ClN2O. The Morgan fingerprint density at radius 3 is 2.62 bits per heavy atom. The topological polar surface area (TPSA) is 23.6 Å². The highest BCUT2D eigenvalue weighted by Gasteiger charge is 2.32. The molecule has 0 aromatic heterocycles. The highest BCUT2D eigenvalue weighted by atomic mass is 35.5. The summed E-state index contributed by atoms with van der Waals surface area (Å²) in [5.41, 5.74) is 4.41. The van der Waals surface area contributed by atoms with E-state index in [9.17, 15) is 4.79 Å². The summed E-state index contributed by atoms with van der Waals surface area (Å²) in [6, 6.07) is 14.2. The van der Waals surface area contributed by atoms with Crippen LogP contribution in [-0.2, 0) is 11.3 Å². The maximum absolute atomic E-state index is 12.8. The van der Waals surface area contributed by atoms with Gasteiger partial charge in [-0.2, -0.15) is 0 Å². The largest absolute Gasteiger partial charge is 0.310 e. The molecule has 0 spiro atoms. The number of carbonyl (C=O) groups excluding carboxylic acids is 1. The van der Waals surface area contributed by atoms with Gasteiger partial charge in [-0.15, -0.1) is 0 Å². The second kappa shape index (κ2) is 6.96. The van der Waals surface area contributed by atoms with E-state index in [1.54, 1.807) is 0 Å². The number of anilines is 1. The Kier molecular flexibility index (Phi) is 4.93. The molecule has 1 aliphatic rings. The van der Waals surface area contributed by atoms with Gasteiger partial charge in [-0.05, 0) is 44.0 Å². The lowest BCUT2D eigenvalue weighted by Gasteiger charge is -2.39. The zero-order valence-electron chi connectivity index (χ0n) is 14.4. The summed E-state index contributed by atoms with van der Waals surface area (Å²) < 4.78 is 0. The van der Waals surface area contributed by atoms with E-state index in [0.29, 0.717) is 11.6 Å². The quantitative estimate of drug-likeness (QED) is 0.834. The van der Waals surface area contributed by atoms with Crippen LogP contribution in [0.25, 0.3) is 0 Å². The third-order valence-corrected chi connectivity index (χ3v) is 5.12. The summed E-state index contributed by atoms with van der Waals surface area (Å²) in [6.07, 6.45) is 0. The molecule has 0 saturated carbocycles. The fraction of sp³-hybridized carbons (Fsp3) is 0.350. The van der Waals surface area contributed by atoms with E-state index in [1.165, 1.54) is 11.1 Å².